The number of anilines is 1. The third kappa shape index (κ3) is 8.11. The first-order valence-corrected chi connectivity index (χ1v) is 15.7. The van der Waals surface area contributed by atoms with Gasteiger partial charge in [-0.1, -0.05) is 67.4 Å². The van der Waals surface area contributed by atoms with Crippen molar-refractivity contribution in [3.63, 3.8) is 0 Å². The molecule has 220 valence electrons. The molecule has 1 N–H and O–H groups in total. The van der Waals surface area contributed by atoms with Gasteiger partial charge in [0, 0.05) is 17.6 Å². The fourth-order valence-electron chi connectivity index (χ4n) is 4.49. The summed E-state index contributed by atoms with van der Waals surface area (Å²) >= 11 is 6.09. The highest BCUT2D eigenvalue weighted by Crippen LogP contribution is 2.29. The Kier molecular flexibility index (Phi) is 11.0. The molecule has 2 atom stereocenters. The number of aryl methyl sites for hydroxylation is 3. The SMILES string of the molecule is CC[C@@H](C)NC(=O)[C@@H](CC)N(Cc1ccc(Cl)cc1)C(=O)CN(c1cc(C)ccc1C)S(=O)(=O)c1ccc(C)cc1. The first-order valence-electron chi connectivity index (χ1n) is 13.9. The number of sulfonamides is 1. The molecule has 0 unspecified atom stereocenters. The molecule has 0 aromatic heterocycles. The summed E-state index contributed by atoms with van der Waals surface area (Å²) in [5.74, 6) is -0.758. The Hall–Kier alpha value is -3.36. The minimum absolute atomic E-state index is 0.0719. The molecule has 3 aromatic rings. The molecule has 0 fully saturated rings. The van der Waals surface area contributed by atoms with Gasteiger partial charge in [-0.05, 0) is 87.6 Å². The normalized spacial score (nSPS) is 12.9. The number of hydrogen-bond donors (Lipinski definition) is 1. The van der Waals surface area contributed by atoms with Crippen molar-refractivity contribution in [2.24, 2.45) is 0 Å². The van der Waals surface area contributed by atoms with Crippen molar-refractivity contribution in [1.29, 1.82) is 0 Å². The fourth-order valence-corrected chi connectivity index (χ4v) is 6.08. The van der Waals surface area contributed by atoms with Gasteiger partial charge >= 0.3 is 0 Å². The van der Waals surface area contributed by atoms with Crippen LogP contribution < -0.4 is 9.62 Å². The molecular formula is C32H40ClN3O4S. The van der Waals surface area contributed by atoms with E-state index in [-0.39, 0.29) is 23.4 Å². The van der Waals surface area contributed by atoms with Crippen molar-refractivity contribution in [3.8, 4) is 0 Å². The second kappa shape index (κ2) is 14.0. The van der Waals surface area contributed by atoms with Gasteiger partial charge in [0.05, 0.1) is 10.6 Å². The number of benzene rings is 3. The van der Waals surface area contributed by atoms with Crippen LogP contribution in [0.1, 0.15) is 55.9 Å². The molecule has 0 saturated carbocycles. The van der Waals surface area contributed by atoms with Gasteiger partial charge in [0.2, 0.25) is 11.8 Å². The number of hydrogen-bond acceptors (Lipinski definition) is 4. The summed E-state index contributed by atoms with van der Waals surface area (Å²) in [4.78, 5) is 29.1. The van der Waals surface area contributed by atoms with E-state index in [4.69, 9.17) is 11.6 Å². The van der Waals surface area contributed by atoms with Gasteiger partial charge in [0.15, 0.2) is 0 Å². The molecule has 41 heavy (non-hydrogen) atoms. The predicted octanol–water partition coefficient (Wildman–Crippen LogP) is 6.18. The van der Waals surface area contributed by atoms with Gasteiger partial charge in [0.25, 0.3) is 10.0 Å². The molecule has 2 amide bonds. The zero-order chi connectivity index (χ0) is 30.3. The second-order valence-electron chi connectivity index (χ2n) is 10.5. The number of halogens is 1. The van der Waals surface area contributed by atoms with Gasteiger partial charge in [-0.3, -0.25) is 13.9 Å². The Morgan fingerprint density at radius 3 is 2.07 bits per heavy atom. The number of nitrogens with zero attached hydrogens (tertiary/aromatic N) is 2. The van der Waals surface area contributed by atoms with E-state index in [1.165, 1.54) is 4.90 Å². The van der Waals surface area contributed by atoms with Crippen molar-refractivity contribution in [3.05, 3.63) is 94.0 Å². The number of nitrogens with one attached hydrogen (secondary N) is 1. The zero-order valence-corrected chi connectivity index (χ0v) is 26.2. The third-order valence-corrected chi connectivity index (χ3v) is 9.20. The van der Waals surface area contributed by atoms with Crippen LogP contribution in [0, 0.1) is 20.8 Å². The van der Waals surface area contributed by atoms with Crippen LogP contribution in [0.15, 0.2) is 71.6 Å². The van der Waals surface area contributed by atoms with E-state index in [9.17, 15) is 18.0 Å². The lowest BCUT2D eigenvalue weighted by atomic mass is 10.1. The average Bonchev–Trinajstić information content (AvgIpc) is 2.94. The fraction of sp³-hybridized carbons (Fsp3) is 0.375. The summed E-state index contributed by atoms with van der Waals surface area (Å²) in [6.07, 6.45) is 1.10. The molecule has 7 nitrogen and oxygen atoms in total. The van der Waals surface area contributed by atoms with Gasteiger partial charge in [0.1, 0.15) is 12.6 Å². The maximum atomic E-state index is 14.2. The Morgan fingerprint density at radius 2 is 1.49 bits per heavy atom. The molecule has 9 heteroatoms. The van der Waals surface area contributed by atoms with E-state index in [0.717, 1.165) is 27.4 Å². The minimum atomic E-state index is -4.12. The zero-order valence-electron chi connectivity index (χ0n) is 24.6. The maximum Gasteiger partial charge on any atom is 0.264 e. The molecule has 0 aliphatic carbocycles. The standard InChI is InChI=1S/C32H40ClN3O4S/c1-7-25(6)34-32(38)29(8-2)35(20-26-13-15-27(33)16-14-26)31(37)21-36(30-19-23(4)9-12-24(30)5)41(39,40)28-17-10-22(3)11-18-28/h9-19,25,29H,7-8,20-21H2,1-6H3,(H,34,38)/t25-,29-/m1/s1. The number of carbonyl (C=O) groups excluding carboxylic acids is 2. The Balaban J connectivity index is 2.10. The van der Waals surface area contributed by atoms with Gasteiger partial charge in [-0.25, -0.2) is 8.42 Å². The predicted molar refractivity (Wildman–Crippen MR) is 166 cm³/mol. The topological polar surface area (TPSA) is 86.8 Å². The van der Waals surface area contributed by atoms with Crippen LogP contribution in [-0.4, -0.2) is 43.8 Å². The van der Waals surface area contributed by atoms with E-state index in [1.807, 2.05) is 53.7 Å². The molecule has 0 heterocycles. The van der Waals surface area contributed by atoms with Crippen molar-refractivity contribution in [1.82, 2.24) is 10.2 Å². The molecular weight excluding hydrogens is 558 g/mol. The van der Waals surface area contributed by atoms with Crippen LogP contribution in [0.2, 0.25) is 5.02 Å². The summed E-state index contributed by atoms with van der Waals surface area (Å²) in [6.45, 7) is 10.9. The first-order chi connectivity index (χ1) is 19.4. The molecule has 3 aromatic carbocycles. The van der Waals surface area contributed by atoms with E-state index in [2.05, 4.69) is 5.32 Å². The van der Waals surface area contributed by atoms with Crippen LogP contribution in [0.4, 0.5) is 5.69 Å². The average molecular weight is 598 g/mol. The van der Waals surface area contributed by atoms with Crippen LogP contribution in [0.3, 0.4) is 0 Å². The highest BCUT2D eigenvalue weighted by molar-refractivity contribution is 7.92. The third-order valence-electron chi connectivity index (χ3n) is 7.17. The molecule has 0 radical (unpaired) electrons. The van der Waals surface area contributed by atoms with E-state index in [1.54, 1.807) is 54.6 Å². The quantitative estimate of drug-likeness (QED) is 0.270. The Labute approximate surface area is 249 Å². The summed E-state index contributed by atoms with van der Waals surface area (Å²) in [6, 6.07) is 18.3. The van der Waals surface area contributed by atoms with E-state index < -0.39 is 28.5 Å². The monoisotopic (exact) mass is 597 g/mol. The summed E-state index contributed by atoms with van der Waals surface area (Å²) in [5.41, 5.74) is 3.69. The molecule has 3 rings (SSSR count). The van der Waals surface area contributed by atoms with Crippen molar-refractivity contribution < 1.29 is 18.0 Å². The maximum absolute atomic E-state index is 14.2. The summed E-state index contributed by atoms with van der Waals surface area (Å²) in [5, 5.41) is 3.54. The van der Waals surface area contributed by atoms with Crippen LogP contribution in [-0.2, 0) is 26.2 Å². The summed E-state index contributed by atoms with van der Waals surface area (Å²) < 4.78 is 29.3. The van der Waals surface area contributed by atoms with Gasteiger partial charge in [-0.2, -0.15) is 0 Å². The molecule has 0 aliphatic rings. The molecule has 0 spiro atoms. The number of amides is 2. The first kappa shape index (κ1) is 32.2. The second-order valence-corrected chi connectivity index (χ2v) is 12.8. The van der Waals surface area contributed by atoms with Gasteiger partial charge < -0.3 is 10.2 Å². The smallest absolute Gasteiger partial charge is 0.264 e. The van der Waals surface area contributed by atoms with Crippen LogP contribution in [0.25, 0.3) is 0 Å². The Bertz CT molecular complexity index is 1460. The number of carbonyl (C=O) groups is 2. The lowest BCUT2D eigenvalue weighted by Gasteiger charge is -2.34. The lowest BCUT2D eigenvalue weighted by Crippen LogP contribution is -2.53. The van der Waals surface area contributed by atoms with Crippen molar-refractivity contribution in [2.75, 3.05) is 10.8 Å². The van der Waals surface area contributed by atoms with Crippen LogP contribution >= 0.6 is 11.6 Å². The Morgan fingerprint density at radius 1 is 0.878 bits per heavy atom. The molecule has 0 saturated heterocycles. The van der Waals surface area contributed by atoms with Crippen LogP contribution in [0.5, 0.6) is 0 Å². The van der Waals surface area contributed by atoms with Crippen molar-refractivity contribution in [2.45, 2.75) is 77.9 Å². The molecule has 0 bridgehead atoms. The van der Waals surface area contributed by atoms with E-state index in [0.29, 0.717) is 22.7 Å². The van der Waals surface area contributed by atoms with Crippen molar-refractivity contribution >= 4 is 39.1 Å². The summed E-state index contributed by atoms with van der Waals surface area (Å²) in [7, 11) is -4.12. The largest absolute Gasteiger partial charge is 0.352 e. The highest BCUT2D eigenvalue weighted by Gasteiger charge is 2.34. The highest BCUT2D eigenvalue weighted by atomic mass is 35.5. The lowest BCUT2D eigenvalue weighted by molar-refractivity contribution is -0.140. The number of rotatable bonds is 12. The minimum Gasteiger partial charge on any atom is -0.352 e. The molecule has 0 aliphatic heterocycles. The van der Waals surface area contributed by atoms with Gasteiger partial charge in [-0.15, -0.1) is 0 Å². The van der Waals surface area contributed by atoms with E-state index >= 15 is 0 Å².